The molecule has 1 radical (unpaired) electrons. The van der Waals surface area contributed by atoms with Crippen LogP contribution in [0, 0.1) is 0 Å². The zero-order chi connectivity index (χ0) is 5.15. The van der Waals surface area contributed by atoms with Crippen molar-refractivity contribution in [1.82, 2.24) is 0 Å². The second-order valence-electron chi connectivity index (χ2n) is 0.434. The summed E-state index contributed by atoms with van der Waals surface area (Å²) in [6.45, 7) is 0. The van der Waals surface area contributed by atoms with Crippen LogP contribution >= 0.6 is 0 Å². The summed E-state index contributed by atoms with van der Waals surface area (Å²) in [5.74, 6) is 0. The van der Waals surface area contributed by atoms with E-state index in [-0.39, 0.29) is 29.6 Å². The van der Waals surface area contributed by atoms with Gasteiger partial charge in [0.25, 0.3) is 20.2 Å². The van der Waals surface area contributed by atoms with Crippen LogP contribution in [0.25, 0.3) is 0 Å². The molecule has 0 fully saturated rings. The van der Waals surface area contributed by atoms with Crippen LogP contribution in [-0.2, 0) is 20.2 Å². The number of hydrogen-bond acceptors (Lipinski definition) is 2. The van der Waals surface area contributed by atoms with Crippen molar-refractivity contribution in [2.45, 2.75) is 0 Å². The SMILES string of the molecule is O=S(O)S(=O)O.[Na]. The molecule has 0 saturated carbocycles. The van der Waals surface area contributed by atoms with Gasteiger partial charge >= 0.3 is 0 Å². The molecule has 7 heteroatoms. The van der Waals surface area contributed by atoms with E-state index in [9.17, 15) is 8.42 Å². The maximum absolute atomic E-state index is 9.26. The van der Waals surface area contributed by atoms with Crippen molar-refractivity contribution in [2.24, 2.45) is 0 Å². The fraction of sp³-hybridized carbons (Fsp3) is 0. The van der Waals surface area contributed by atoms with Crippen LogP contribution in [0.3, 0.4) is 0 Å². The van der Waals surface area contributed by atoms with Crippen LogP contribution in [0.15, 0.2) is 0 Å². The first kappa shape index (κ1) is 11.1. The van der Waals surface area contributed by atoms with Crippen molar-refractivity contribution in [3.8, 4) is 0 Å². The summed E-state index contributed by atoms with van der Waals surface area (Å²) in [7, 11) is -5.18. The quantitative estimate of drug-likeness (QED) is 0.287. The van der Waals surface area contributed by atoms with Gasteiger partial charge in [0.05, 0.1) is 0 Å². The Morgan fingerprint density at radius 1 is 1.00 bits per heavy atom. The van der Waals surface area contributed by atoms with E-state index in [1.54, 1.807) is 0 Å². The van der Waals surface area contributed by atoms with Gasteiger partial charge in [0.1, 0.15) is 0 Å². The molecule has 0 aliphatic heterocycles. The Labute approximate surface area is 66.9 Å². The summed E-state index contributed by atoms with van der Waals surface area (Å²) in [6, 6.07) is 0. The Hall–Kier alpha value is 1.22. The smallest absolute Gasteiger partial charge is 0.274 e. The Morgan fingerprint density at radius 2 is 1.14 bits per heavy atom. The van der Waals surface area contributed by atoms with Crippen molar-refractivity contribution < 1.29 is 17.5 Å². The molecule has 0 aromatic carbocycles. The molecular weight excluding hydrogens is 151 g/mol. The summed E-state index contributed by atoms with van der Waals surface area (Å²) in [4.78, 5) is 0. The van der Waals surface area contributed by atoms with Gasteiger partial charge in [0, 0.05) is 29.6 Å². The molecule has 7 heavy (non-hydrogen) atoms. The second kappa shape index (κ2) is 5.36. The summed E-state index contributed by atoms with van der Waals surface area (Å²) < 4.78 is 33.6. The monoisotopic (exact) mass is 153 g/mol. The average molecular weight is 153 g/mol. The predicted molar refractivity (Wildman–Crippen MR) is 27.3 cm³/mol. The molecule has 0 aliphatic rings. The standard InChI is InChI=1S/Na.H2O4S2/c;1-5(2)6(3)4/h;(H,1,2)(H,3,4). The first-order valence-corrected chi connectivity index (χ1v) is 3.60. The first-order valence-electron chi connectivity index (χ1n) is 0.865. The minimum absolute atomic E-state index is 0. The minimum Gasteiger partial charge on any atom is -0.294 e. The molecule has 0 saturated heterocycles. The van der Waals surface area contributed by atoms with Crippen molar-refractivity contribution in [2.75, 3.05) is 0 Å². The summed E-state index contributed by atoms with van der Waals surface area (Å²) in [5.41, 5.74) is 0. The van der Waals surface area contributed by atoms with Crippen LogP contribution < -0.4 is 0 Å². The Bertz CT molecular complexity index is 75.7. The van der Waals surface area contributed by atoms with Gasteiger partial charge in [-0.15, -0.1) is 0 Å². The van der Waals surface area contributed by atoms with Crippen molar-refractivity contribution in [1.29, 1.82) is 0 Å². The third kappa shape index (κ3) is 7.22. The van der Waals surface area contributed by atoms with E-state index < -0.39 is 20.2 Å². The van der Waals surface area contributed by atoms with Crippen LogP contribution in [0.5, 0.6) is 0 Å². The molecule has 39 valence electrons. The van der Waals surface area contributed by atoms with E-state index in [1.807, 2.05) is 0 Å². The van der Waals surface area contributed by atoms with Crippen LogP contribution in [-0.4, -0.2) is 47.1 Å². The van der Waals surface area contributed by atoms with Crippen LogP contribution in [0.1, 0.15) is 0 Å². The Kier molecular flexibility index (Phi) is 8.48. The molecule has 0 aromatic heterocycles. The van der Waals surface area contributed by atoms with Crippen molar-refractivity contribution in [3.05, 3.63) is 0 Å². The molecule has 0 bridgehead atoms. The van der Waals surface area contributed by atoms with Gasteiger partial charge in [-0.25, -0.2) is 8.42 Å². The van der Waals surface area contributed by atoms with Gasteiger partial charge in [0.15, 0.2) is 0 Å². The van der Waals surface area contributed by atoms with Gasteiger partial charge in [-0.2, -0.15) is 0 Å². The zero-order valence-electron chi connectivity index (χ0n) is 3.53. The molecule has 0 aliphatic carbocycles. The average Bonchev–Trinajstić information content (AvgIpc) is 1.36. The van der Waals surface area contributed by atoms with Gasteiger partial charge in [-0.3, -0.25) is 9.11 Å². The molecule has 4 nitrogen and oxygen atoms in total. The van der Waals surface area contributed by atoms with Crippen molar-refractivity contribution >= 4 is 49.8 Å². The van der Waals surface area contributed by atoms with Gasteiger partial charge in [0.2, 0.25) is 0 Å². The zero-order valence-corrected chi connectivity index (χ0v) is 7.16. The maximum atomic E-state index is 9.26. The van der Waals surface area contributed by atoms with E-state index in [1.165, 1.54) is 0 Å². The third-order valence-corrected chi connectivity index (χ3v) is 1.10. The molecule has 2 atom stereocenters. The van der Waals surface area contributed by atoms with E-state index in [4.69, 9.17) is 9.11 Å². The van der Waals surface area contributed by atoms with Crippen LogP contribution in [0.2, 0.25) is 0 Å². The largest absolute Gasteiger partial charge is 0.294 e. The molecule has 2 unspecified atom stereocenters. The molecule has 0 aromatic rings. The third-order valence-electron chi connectivity index (χ3n) is 0.122. The number of rotatable bonds is 1. The van der Waals surface area contributed by atoms with Gasteiger partial charge < -0.3 is 0 Å². The molecule has 0 spiro atoms. The minimum atomic E-state index is -2.59. The van der Waals surface area contributed by atoms with Gasteiger partial charge in [-0.1, -0.05) is 0 Å². The topological polar surface area (TPSA) is 74.6 Å². The fourth-order valence-electron chi connectivity index (χ4n) is 0. The molecule has 2 N–H and O–H groups in total. The molecule has 0 rings (SSSR count). The van der Waals surface area contributed by atoms with Gasteiger partial charge in [-0.05, 0) is 0 Å². The summed E-state index contributed by atoms with van der Waals surface area (Å²) >= 11 is 0. The first-order chi connectivity index (χ1) is 2.64. The number of hydrogen-bond donors (Lipinski definition) is 2. The van der Waals surface area contributed by atoms with Crippen LogP contribution in [0.4, 0.5) is 0 Å². The van der Waals surface area contributed by atoms with E-state index in [0.717, 1.165) is 0 Å². The van der Waals surface area contributed by atoms with Crippen molar-refractivity contribution in [3.63, 3.8) is 0 Å². The van der Waals surface area contributed by atoms with E-state index >= 15 is 0 Å². The summed E-state index contributed by atoms with van der Waals surface area (Å²) in [5, 5.41) is 0. The second-order valence-corrected chi connectivity index (χ2v) is 3.01. The van der Waals surface area contributed by atoms with E-state index in [0.29, 0.717) is 0 Å². The summed E-state index contributed by atoms with van der Waals surface area (Å²) in [6.07, 6.45) is 0. The Morgan fingerprint density at radius 3 is 1.14 bits per heavy atom. The molecular formula is H2NaO4S2. The molecule has 0 amide bonds. The molecule has 0 heterocycles. The maximum Gasteiger partial charge on any atom is 0.274 e. The normalized spacial score (nSPS) is 16.9. The predicted octanol–water partition coefficient (Wildman–Crippen LogP) is -1.04. The van der Waals surface area contributed by atoms with E-state index in [2.05, 4.69) is 0 Å². The fourth-order valence-corrected chi connectivity index (χ4v) is 0. The Balaban J connectivity index is 0.